The molecule has 0 bridgehead atoms. The fraction of sp³-hybridized carbons (Fsp3) is 0.467. The van der Waals surface area contributed by atoms with Gasteiger partial charge in [0.15, 0.2) is 0 Å². The second kappa shape index (κ2) is 9.54. The lowest BCUT2D eigenvalue weighted by Gasteiger charge is -2.18. The van der Waals surface area contributed by atoms with Crippen LogP contribution in [0.25, 0.3) is 0 Å². The second-order valence-electron chi connectivity index (χ2n) is 4.27. The third kappa shape index (κ3) is 6.30. The van der Waals surface area contributed by atoms with Crippen molar-refractivity contribution in [3.63, 3.8) is 0 Å². The summed E-state index contributed by atoms with van der Waals surface area (Å²) in [7, 11) is 0. The molecular weight excluding hydrogens is 222 g/mol. The first-order valence-electron chi connectivity index (χ1n) is 6.70. The molecule has 18 heavy (non-hydrogen) atoms. The third-order valence-electron chi connectivity index (χ3n) is 2.79. The summed E-state index contributed by atoms with van der Waals surface area (Å²) in [6, 6.07) is 12.0. The number of hydrogen-bond donors (Lipinski definition) is 2. The van der Waals surface area contributed by atoms with Crippen LogP contribution >= 0.6 is 0 Å². The minimum Gasteiger partial charge on any atom is -0.372 e. The van der Waals surface area contributed by atoms with Crippen molar-refractivity contribution in [2.75, 3.05) is 26.3 Å². The molecule has 0 fully saturated rings. The molecule has 0 aromatic heterocycles. The fourth-order valence-electron chi connectivity index (χ4n) is 1.73. The molecule has 2 rings (SSSR count). The summed E-state index contributed by atoms with van der Waals surface area (Å²) in [4.78, 5) is 2.36. The predicted molar refractivity (Wildman–Crippen MR) is 78.1 cm³/mol. The van der Waals surface area contributed by atoms with Crippen molar-refractivity contribution in [3.05, 3.63) is 48.3 Å². The lowest BCUT2D eigenvalue weighted by molar-refractivity contribution is 0.355. The molecule has 0 aliphatic carbocycles. The van der Waals surface area contributed by atoms with Crippen molar-refractivity contribution in [1.82, 2.24) is 15.5 Å². The predicted octanol–water partition coefficient (Wildman–Crippen LogP) is 2.40. The van der Waals surface area contributed by atoms with Crippen LogP contribution in [0, 0.1) is 0 Å². The maximum atomic E-state index is 3.32. The number of rotatable bonds is 5. The highest BCUT2D eigenvalue weighted by atomic mass is 15.3. The number of nitrogens with zero attached hydrogens (tertiary/aromatic N) is 1. The molecule has 0 atom stereocenters. The summed E-state index contributed by atoms with van der Waals surface area (Å²) in [5.41, 5.74) is 1.35. The van der Waals surface area contributed by atoms with E-state index in [2.05, 4.69) is 35.6 Å². The van der Waals surface area contributed by atoms with Crippen molar-refractivity contribution in [3.8, 4) is 0 Å². The van der Waals surface area contributed by atoms with E-state index in [0.29, 0.717) is 0 Å². The smallest absolute Gasteiger partial charge is 0.0869 e. The van der Waals surface area contributed by atoms with E-state index in [1.165, 1.54) is 12.1 Å². The monoisotopic (exact) mass is 247 g/mol. The third-order valence-corrected chi connectivity index (χ3v) is 2.79. The first-order valence-corrected chi connectivity index (χ1v) is 6.70. The van der Waals surface area contributed by atoms with Gasteiger partial charge in [-0.3, -0.25) is 0 Å². The van der Waals surface area contributed by atoms with Gasteiger partial charge in [-0.2, -0.15) is 0 Å². The SMILES string of the molecule is CCNCCCN1CNC=C1C.c1ccccc1. The van der Waals surface area contributed by atoms with Crippen molar-refractivity contribution in [2.45, 2.75) is 20.3 Å². The van der Waals surface area contributed by atoms with Crippen LogP contribution < -0.4 is 10.6 Å². The Balaban J connectivity index is 0.000000225. The average Bonchev–Trinajstić information content (AvgIpc) is 2.83. The maximum absolute atomic E-state index is 3.32. The molecule has 2 N–H and O–H groups in total. The Hall–Kier alpha value is -1.48. The van der Waals surface area contributed by atoms with Gasteiger partial charge < -0.3 is 15.5 Å². The van der Waals surface area contributed by atoms with Crippen molar-refractivity contribution >= 4 is 0 Å². The Morgan fingerprint density at radius 1 is 1.17 bits per heavy atom. The molecule has 1 aliphatic rings. The van der Waals surface area contributed by atoms with Gasteiger partial charge in [0.25, 0.3) is 0 Å². The summed E-state index contributed by atoms with van der Waals surface area (Å²) in [5.74, 6) is 0. The molecule has 100 valence electrons. The first-order chi connectivity index (χ1) is 8.84. The molecule has 0 saturated carbocycles. The van der Waals surface area contributed by atoms with E-state index in [-0.39, 0.29) is 0 Å². The molecule has 3 nitrogen and oxygen atoms in total. The van der Waals surface area contributed by atoms with Gasteiger partial charge in [-0.1, -0.05) is 43.3 Å². The van der Waals surface area contributed by atoms with Gasteiger partial charge in [-0.05, 0) is 26.4 Å². The zero-order valence-corrected chi connectivity index (χ0v) is 11.5. The van der Waals surface area contributed by atoms with Crippen LogP contribution in [0.4, 0.5) is 0 Å². The Kier molecular flexibility index (Phi) is 7.73. The minimum atomic E-state index is 0.984. The standard InChI is InChI=1S/C9H19N3.C6H6/c1-3-10-5-4-6-12-8-11-7-9(12)2;1-2-4-6-5-3-1/h7,10-11H,3-6,8H2,1-2H3;1-6H. The van der Waals surface area contributed by atoms with E-state index in [1.54, 1.807) is 0 Å². The van der Waals surface area contributed by atoms with Gasteiger partial charge in [0.05, 0.1) is 6.67 Å². The molecular formula is C15H25N3. The van der Waals surface area contributed by atoms with E-state index in [0.717, 1.165) is 26.3 Å². The Labute approximate surface area is 111 Å². The van der Waals surface area contributed by atoms with Gasteiger partial charge in [-0.25, -0.2) is 0 Å². The lowest BCUT2D eigenvalue weighted by Crippen LogP contribution is -2.26. The zero-order chi connectivity index (χ0) is 13.1. The van der Waals surface area contributed by atoms with Crippen molar-refractivity contribution in [2.24, 2.45) is 0 Å². The number of allylic oxidation sites excluding steroid dienone is 1. The summed E-state index contributed by atoms with van der Waals surface area (Å²) in [5, 5.41) is 6.53. The van der Waals surface area contributed by atoms with Crippen LogP contribution in [-0.2, 0) is 0 Å². The Morgan fingerprint density at radius 3 is 2.22 bits per heavy atom. The number of nitrogens with one attached hydrogen (secondary N) is 2. The molecule has 0 amide bonds. The minimum absolute atomic E-state index is 0.984. The molecule has 3 heteroatoms. The fourth-order valence-corrected chi connectivity index (χ4v) is 1.73. The molecule has 1 aliphatic heterocycles. The number of hydrogen-bond acceptors (Lipinski definition) is 3. The van der Waals surface area contributed by atoms with Crippen LogP contribution in [0.3, 0.4) is 0 Å². The molecule has 0 radical (unpaired) electrons. The van der Waals surface area contributed by atoms with E-state index >= 15 is 0 Å². The Morgan fingerprint density at radius 2 is 1.78 bits per heavy atom. The molecule has 1 heterocycles. The van der Waals surface area contributed by atoms with Gasteiger partial charge in [-0.15, -0.1) is 0 Å². The van der Waals surface area contributed by atoms with Crippen LogP contribution in [0.5, 0.6) is 0 Å². The summed E-state index contributed by atoms with van der Waals surface area (Å²) in [6.07, 6.45) is 3.30. The second-order valence-corrected chi connectivity index (χ2v) is 4.27. The molecule has 0 saturated heterocycles. The van der Waals surface area contributed by atoms with E-state index in [4.69, 9.17) is 0 Å². The van der Waals surface area contributed by atoms with E-state index < -0.39 is 0 Å². The normalized spacial score (nSPS) is 13.4. The van der Waals surface area contributed by atoms with Crippen molar-refractivity contribution < 1.29 is 0 Å². The van der Waals surface area contributed by atoms with Crippen LogP contribution in [0.15, 0.2) is 48.3 Å². The highest BCUT2D eigenvalue weighted by Crippen LogP contribution is 2.06. The van der Waals surface area contributed by atoms with Gasteiger partial charge in [0.1, 0.15) is 0 Å². The largest absolute Gasteiger partial charge is 0.372 e. The number of benzene rings is 1. The molecule has 0 unspecified atom stereocenters. The average molecular weight is 247 g/mol. The molecule has 0 spiro atoms. The van der Waals surface area contributed by atoms with Crippen LogP contribution in [0.1, 0.15) is 20.3 Å². The van der Waals surface area contributed by atoms with Crippen molar-refractivity contribution in [1.29, 1.82) is 0 Å². The topological polar surface area (TPSA) is 27.3 Å². The Bertz CT molecular complexity index is 295. The quantitative estimate of drug-likeness (QED) is 0.782. The molecule has 1 aromatic rings. The zero-order valence-electron chi connectivity index (χ0n) is 11.5. The molecule has 1 aromatic carbocycles. The highest BCUT2D eigenvalue weighted by molar-refractivity contribution is 5.01. The maximum Gasteiger partial charge on any atom is 0.0869 e. The summed E-state index contributed by atoms with van der Waals surface area (Å²) in [6.45, 7) is 8.63. The van der Waals surface area contributed by atoms with E-state index in [9.17, 15) is 0 Å². The summed E-state index contributed by atoms with van der Waals surface area (Å²) < 4.78 is 0. The van der Waals surface area contributed by atoms with Crippen LogP contribution in [-0.4, -0.2) is 31.2 Å². The van der Waals surface area contributed by atoms with Crippen LogP contribution in [0.2, 0.25) is 0 Å². The highest BCUT2D eigenvalue weighted by Gasteiger charge is 2.08. The van der Waals surface area contributed by atoms with E-state index in [1.807, 2.05) is 36.4 Å². The van der Waals surface area contributed by atoms with Gasteiger partial charge in [0, 0.05) is 18.4 Å². The lowest BCUT2D eigenvalue weighted by atomic mass is 10.3. The van der Waals surface area contributed by atoms with Gasteiger partial charge in [0.2, 0.25) is 0 Å². The first kappa shape index (κ1) is 14.6. The summed E-state index contributed by atoms with van der Waals surface area (Å²) >= 11 is 0. The van der Waals surface area contributed by atoms with Gasteiger partial charge >= 0.3 is 0 Å².